The van der Waals surface area contributed by atoms with Crippen molar-refractivity contribution in [3.05, 3.63) is 71.8 Å². The van der Waals surface area contributed by atoms with E-state index in [1.54, 1.807) is 17.0 Å². The number of benzene rings is 2. The number of hydrogen-bond acceptors (Lipinski definition) is 4. The summed E-state index contributed by atoms with van der Waals surface area (Å²) < 4.78 is 13.8. The van der Waals surface area contributed by atoms with Gasteiger partial charge in [-0.25, -0.2) is 9.37 Å². The maximum atomic E-state index is 13.8. The third kappa shape index (κ3) is 3.69. The zero-order valence-corrected chi connectivity index (χ0v) is 15.1. The van der Waals surface area contributed by atoms with Gasteiger partial charge < -0.3 is 10.2 Å². The Morgan fingerprint density at radius 3 is 2.43 bits per heavy atom. The van der Waals surface area contributed by atoms with E-state index >= 15 is 0 Å². The molecule has 1 aliphatic heterocycles. The molecule has 2 heterocycles. The van der Waals surface area contributed by atoms with Crippen molar-refractivity contribution in [1.82, 2.24) is 20.2 Å². The SMILES string of the molecule is O=C(NC1CCN(C(=O)c2ccccc2F)CC1)c1cnc2ccccc2n1. The van der Waals surface area contributed by atoms with E-state index in [9.17, 15) is 14.0 Å². The van der Waals surface area contributed by atoms with E-state index < -0.39 is 5.82 Å². The lowest BCUT2D eigenvalue weighted by Crippen LogP contribution is -2.46. The first-order valence-electron chi connectivity index (χ1n) is 9.18. The van der Waals surface area contributed by atoms with Crippen molar-refractivity contribution in [3.8, 4) is 0 Å². The van der Waals surface area contributed by atoms with Crippen LogP contribution in [0.4, 0.5) is 4.39 Å². The number of likely N-dealkylation sites (tertiary alicyclic amines) is 1. The number of halogens is 1. The highest BCUT2D eigenvalue weighted by Crippen LogP contribution is 2.16. The Morgan fingerprint density at radius 2 is 1.68 bits per heavy atom. The van der Waals surface area contributed by atoms with Crippen molar-refractivity contribution < 1.29 is 14.0 Å². The van der Waals surface area contributed by atoms with Gasteiger partial charge in [0.15, 0.2) is 0 Å². The summed E-state index contributed by atoms with van der Waals surface area (Å²) in [5.74, 6) is -1.11. The number of piperidine rings is 1. The zero-order valence-electron chi connectivity index (χ0n) is 15.1. The number of amides is 2. The van der Waals surface area contributed by atoms with Crippen molar-refractivity contribution in [2.45, 2.75) is 18.9 Å². The first-order valence-corrected chi connectivity index (χ1v) is 9.18. The van der Waals surface area contributed by atoms with Gasteiger partial charge in [0.25, 0.3) is 11.8 Å². The summed E-state index contributed by atoms with van der Waals surface area (Å²) in [6.45, 7) is 0.920. The normalized spacial score (nSPS) is 14.8. The Kier molecular flexibility index (Phi) is 4.97. The number of carbonyl (C=O) groups excluding carboxylic acids is 2. The fourth-order valence-electron chi connectivity index (χ4n) is 3.36. The maximum absolute atomic E-state index is 13.8. The third-order valence-corrected chi connectivity index (χ3v) is 4.90. The fourth-order valence-corrected chi connectivity index (χ4v) is 3.36. The average Bonchev–Trinajstić information content (AvgIpc) is 2.74. The van der Waals surface area contributed by atoms with Crippen molar-refractivity contribution >= 4 is 22.8 Å². The molecule has 142 valence electrons. The second kappa shape index (κ2) is 7.72. The molecule has 0 unspecified atom stereocenters. The molecule has 1 saturated heterocycles. The molecular weight excluding hydrogens is 359 g/mol. The molecule has 0 saturated carbocycles. The van der Waals surface area contributed by atoms with Crippen LogP contribution in [0.3, 0.4) is 0 Å². The van der Waals surface area contributed by atoms with Gasteiger partial charge in [0, 0.05) is 19.1 Å². The first-order chi connectivity index (χ1) is 13.6. The molecule has 0 atom stereocenters. The molecule has 0 spiro atoms. The smallest absolute Gasteiger partial charge is 0.271 e. The van der Waals surface area contributed by atoms with Gasteiger partial charge in [-0.2, -0.15) is 0 Å². The van der Waals surface area contributed by atoms with E-state index in [1.807, 2.05) is 24.3 Å². The largest absolute Gasteiger partial charge is 0.348 e. The lowest BCUT2D eigenvalue weighted by atomic mass is 10.0. The highest BCUT2D eigenvalue weighted by molar-refractivity contribution is 5.95. The topological polar surface area (TPSA) is 75.2 Å². The molecule has 0 radical (unpaired) electrons. The quantitative estimate of drug-likeness (QED) is 0.761. The van der Waals surface area contributed by atoms with Crippen LogP contribution in [0.2, 0.25) is 0 Å². The van der Waals surface area contributed by atoms with Crippen molar-refractivity contribution in [2.24, 2.45) is 0 Å². The minimum absolute atomic E-state index is 0.0644. The van der Waals surface area contributed by atoms with Gasteiger partial charge in [-0.05, 0) is 37.1 Å². The molecule has 1 N–H and O–H groups in total. The van der Waals surface area contributed by atoms with Gasteiger partial charge in [-0.3, -0.25) is 14.6 Å². The Morgan fingerprint density at radius 1 is 1.00 bits per heavy atom. The van der Waals surface area contributed by atoms with Crippen LogP contribution in [0.5, 0.6) is 0 Å². The van der Waals surface area contributed by atoms with Gasteiger partial charge in [0.2, 0.25) is 0 Å². The molecule has 7 heteroatoms. The molecule has 1 aliphatic rings. The van der Waals surface area contributed by atoms with Crippen LogP contribution in [0.1, 0.15) is 33.7 Å². The lowest BCUT2D eigenvalue weighted by Gasteiger charge is -2.32. The Bertz CT molecular complexity index is 1030. The summed E-state index contributed by atoms with van der Waals surface area (Å²) in [5.41, 5.74) is 1.75. The van der Waals surface area contributed by atoms with Crippen LogP contribution in [0.25, 0.3) is 11.0 Å². The number of nitrogens with zero attached hydrogens (tertiary/aromatic N) is 3. The molecule has 3 aromatic rings. The second-order valence-corrected chi connectivity index (χ2v) is 6.76. The maximum Gasteiger partial charge on any atom is 0.271 e. The molecule has 1 aromatic heterocycles. The van der Waals surface area contributed by atoms with E-state index in [0.29, 0.717) is 31.4 Å². The zero-order chi connectivity index (χ0) is 19.5. The molecule has 2 amide bonds. The third-order valence-electron chi connectivity index (χ3n) is 4.90. The number of para-hydroxylation sites is 2. The summed E-state index contributed by atoms with van der Waals surface area (Å²) >= 11 is 0. The molecular formula is C21H19FN4O2. The van der Waals surface area contributed by atoms with E-state index in [1.165, 1.54) is 18.3 Å². The van der Waals surface area contributed by atoms with Crippen molar-refractivity contribution in [2.75, 3.05) is 13.1 Å². The number of nitrogens with one attached hydrogen (secondary N) is 1. The highest BCUT2D eigenvalue weighted by atomic mass is 19.1. The van der Waals surface area contributed by atoms with Crippen LogP contribution in [0.15, 0.2) is 54.7 Å². The highest BCUT2D eigenvalue weighted by Gasteiger charge is 2.26. The first kappa shape index (κ1) is 18.0. The number of aromatic nitrogens is 2. The van der Waals surface area contributed by atoms with Gasteiger partial charge in [-0.1, -0.05) is 24.3 Å². The van der Waals surface area contributed by atoms with Gasteiger partial charge in [-0.15, -0.1) is 0 Å². The monoisotopic (exact) mass is 378 g/mol. The summed E-state index contributed by atoms with van der Waals surface area (Å²) in [6.07, 6.45) is 2.67. The summed E-state index contributed by atoms with van der Waals surface area (Å²) in [4.78, 5) is 35.2. The van der Waals surface area contributed by atoms with E-state index in [0.717, 1.165) is 5.52 Å². The molecule has 4 rings (SSSR count). The fraction of sp³-hybridized carbons (Fsp3) is 0.238. The van der Waals surface area contributed by atoms with E-state index in [2.05, 4.69) is 15.3 Å². The van der Waals surface area contributed by atoms with Gasteiger partial charge >= 0.3 is 0 Å². The number of rotatable bonds is 3. The molecule has 2 aromatic carbocycles. The molecule has 0 bridgehead atoms. The standard InChI is InChI=1S/C21H19FN4O2/c22-16-6-2-1-5-15(16)21(28)26-11-9-14(10-12-26)24-20(27)19-13-23-17-7-3-4-8-18(17)25-19/h1-8,13-14H,9-12H2,(H,24,27). The Labute approximate surface area is 161 Å². The van der Waals surface area contributed by atoms with E-state index in [-0.39, 0.29) is 29.1 Å². The Balaban J connectivity index is 1.36. The van der Waals surface area contributed by atoms with Crippen LogP contribution in [0, 0.1) is 5.82 Å². The summed E-state index contributed by atoms with van der Waals surface area (Å²) in [7, 11) is 0. The predicted molar refractivity (Wildman–Crippen MR) is 102 cm³/mol. The van der Waals surface area contributed by atoms with Crippen molar-refractivity contribution in [1.29, 1.82) is 0 Å². The average molecular weight is 378 g/mol. The van der Waals surface area contributed by atoms with Gasteiger partial charge in [0.05, 0.1) is 22.8 Å². The second-order valence-electron chi connectivity index (χ2n) is 6.76. The summed E-state index contributed by atoms with van der Waals surface area (Å²) in [5, 5.41) is 2.96. The minimum atomic E-state index is -0.516. The van der Waals surface area contributed by atoms with E-state index in [4.69, 9.17) is 0 Å². The molecule has 28 heavy (non-hydrogen) atoms. The number of hydrogen-bond donors (Lipinski definition) is 1. The molecule has 0 aliphatic carbocycles. The number of carbonyl (C=O) groups is 2. The van der Waals surface area contributed by atoms with Crippen LogP contribution in [-0.2, 0) is 0 Å². The molecule has 6 nitrogen and oxygen atoms in total. The van der Waals surface area contributed by atoms with Crippen LogP contribution in [-0.4, -0.2) is 45.8 Å². The number of fused-ring (bicyclic) bond motifs is 1. The van der Waals surface area contributed by atoms with Crippen molar-refractivity contribution in [3.63, 3.8) is 0 Å². The van der Waals surface area contributed by atoms with Gasteiger partial charge in [0.1, 0.15) is 11.5 Å². The lowest BCUT2D eigenvalue weighted by molar-refractivity contribution is 0.0693. The summed E-state index contributed by atoms with van der Waals surface area (Å²) in [6, 6.07) is 13.3. The predicted octanol–water partition coefficient (Wildman–Crippen LogP) is 2.80. The van der Waals surface area contributed by atoms with Crippen LogP contribution >= 0.6 is 0 Å². The minimum Gasteiger partial charge on any atom is -0.348 e. The molecule has 1 fully saturated rings. The Hall–Kier alpha value is -3.35. The van der Waals surface area contributed by atoms with Crippen LogP contribution < -0.4 is 5.32 Å².